The van der Waals surface area contributed by atoms with Gasteiger partial charge >= 0.3 is 0 Å². The molecule has 2 heteroatoms. The third-order valence-electron chi connectivity index (χ3n) is 1.05. The van der Waals surface area contributed by atoms with E-state index >= 15 is 0 Å². The zero-order chi connectivity index (χ0) is 7.28. The van der Waals surface area contributed by atoms with E-state index in [0.717, 1.165) is 6.42 Å². The van der Waals surface area contributed by atoms with Crippen LogP contribution < -0.4 is 0 Å². The van der Waals surface area contributed by atoms with Gasteiger partial charge in [0.05, 0.1) is 18.1 Å². The van der Waals surface area contributed by atoms with Crippen LogP contribution in [0.15, 0.2) is 0 Å². The minimum Gasteiger partial charge on any atom is -0.377 e. The summed E-state index contributed by atoms with van der Waals surface area (Å²) in [6.07, 6.45) is 1.28. The number of rotatable bonds is 4. The molecule has 1 atom stereocenters. The van der Waals surface area contributed by atoms with E-state index in [1.165, 1.54) is 0 Å². The van der Waals surface area contributed by atoms with Crippen molar-refractivity contribution in [2.45, 2.75) is 38.7 Å². The molecule has 0 amide bonds. The molecule has 0 aliphatic rings. The normalized spacial score (nSPS) is 14.3. The zero-order valence-electron chi connectivity index (χ0n) is 6.36. The molecule has 0 saturated carbocycles. The van der Waals surface area contributed by atoms with Gasteiger partial charge in [-0.2, -0.15) is 0 Å². The highest BCUT2D eigenvalue weighted by Gasteiger charge is 2.01. The maximum Gasteiger partial charge on any atom is 0.0633 e. The molecule has 1 unspecified atom stereocenters. The van der Waals surface area contributed by atoms with Crippen LogP contribution in [0.4, 0.5) is 0 Å². The molecule has 0 aromatic heterocycles. The zero-order valence-corrected chi connectivity index (χ0v) is 7.11. The van der Waals surface area contributed by atoms with Crippen molar-refractivity contribution in [1.82, 2.24) is 0 Å². The Labute approximate surface area is 62.3 Å². The monoisotopic (exact) mass is 150 g/mol. The summed E-state index contributed by atoms with van der Waals surface area (Å²) in [4.78, 5) is 0. The first-order chi connectivity index (χ1) is 4.16. The molecule has 0 spiro atoms. The Morgan fingerprint density at radius 3 is 2.33 bits per heavy atom. The fourth-order valence-corrected chi connectivity index (χ4v) is 0.487. The molecule has 0 N–H and O–H groups in total. The van der Waals surface area contributed by atoms with E-state index in [1.54, 1.807) is 0 Å². The molecule has 0 aromatic carbocycles. The molecule has 1 nitrogen and oxygen atoms in total. The lowest BCUT2D eigenvalue weighted by molar-refractivity contribution is 0.0785. The van der Waals surface area contributed by atoms with Crippen LogP contribution in [-0.4, -0.2) is 18.1 Å². The van der Waals surface area contributed by atoms with E-state index < -0.39 is 0 Å². The second-order valence-electron chi connectivity index (χ2n) is 2.39. The summed E-state index contributed by atoms with van der Waals surface area (Å²) in [5, 5.41) is 0.187. The van der Waals surface area contributed by atoms with Crippen LogP contribution in [-0.2, 0) is 4.74 Å². The molecular weight excluding hydrogens is 136 g/mol. The Morgan fingerprint density at radius 1 is 1.44 bits per heavy atom. The highest BCUT2D eigenvalue weighted by Crippen LogP contribution is 2.02. The number of hydrogen-bond acceptors (Lipinski definition) is 1. The predicted octanol–water partition coefficient (Wildman–Crippen LogP) is 2.43. The van der Waals surface area contributed by atoms with Gasteiger partial charge in [0, 0.05) is 0 Å². The fraction of sp³-hybridized carbons (Fsp3) is 1.00. The number of alkyl halides is 1. The Hall–Kier alpha value is 0.250. The van der Waals surface area contributed by atoms with E-state index in [1.807, 2.05) is 13.8 Å². The van der Waals surface area contributed by atoms with E-state index in [4.69, 9.17) is 16.3 Å². The third-order valence-corrected chi connectivity index (χ3v) is 1.49. The van der Waals surface area contributed by atoms with Gasteiger partial charge in [0.1, 0.15) is 0 Å². The van der Waals surface area contributed by atoms with Crippen LogP contribution in [0, 0.1) is 0 Å². The minimum atomic E-state index is 0.187. The summed E-state index contributed by atoms with van der Waals surface area (Å²) in [5.74, 6) is 0. The molecule has 56 valence electrons. The van der Waals surface area contributed by atoms with Gasteiger partial charge in [0.25, 0.3) is 0 Å². The number of hydrogen-bond donors (Lipinski definition) is 0. The standard InChI is InChI=1S/C7H15ClO/c1-4-7(8)5-9-6(2)3/h6-7H,4-5H2,1-3H3. The van der Waals surface area contributed by atoms with E-state index in [9.17, 15) is 0 Å². The van der Waals surface area contributed by atoms with Gasteiger partial charge in [-0.25, -0.2) is 0 Å². The van der Waals surface area contributed by atoms with Crippen molar-refractivity contribution in [2.24, 2.45) is 0 Å². The summed E-state index contributed by atoms with van der Waals surface area (Å²) in [5.41, 5.74) is 0. The first kappa shape index (κ1) is 9.25. The summed E-state index contributed by atoms with van der Waals surface area (Å²) in [7, 11) is 0. The first-order valence-corrected chi connectivity index (χ1v) is 3.86. The van der Waals surface area contributed by atoms with E-state index in [0.29, 0.717) is 12.7 Å². The van der Waals surface area contributed by atoms with Gasteiger partial charge in [-0.05, 0) is 20.3 Å². The molecule has 0 bridgehead atoms. The summed E-state index contributed by atoms with van der Waals surface area (Å²) in [6.45, 7) is 6.76. The van der Waals surface area contributed by atoms with Crippen molar-refractivity contribution in [2.75, 3.05) is 6.61 Å². The Morgan fingerprint density at radius 2 is 2.00 bits per heavy atom. The number of halogens is 1. The minimum absolute atomic E-state index is 0.187. The quantitative estimate of drug-likeness (QED) is 0.560. The molecule has 0 aliphatic heterocycles. The SMILES string of the molecule is CCC(Cl)COC(C)C. The Bertz CT molecular complexity index is 63.9. The lowest BCUT2D eigenvalue weighted by atomic mass is 10.3. The van der Waals surface area contributed by atoms with Gasteiger partial charge in [0.2, 0.25) is 0 Å². The maximum atomic E-state index is 5.78. The van der Waals surface area contributed by atoms with Gasteiger partial charge < -0.3 is 4.74 Å². The first-order valence-electron chi connectivity index (χ1n) is 3.42. The molecule has 9 heavy (non-hydrogen) atoms. The van der Waals surface area contributed by atoms with Crippen LogP contribution >= 0.6 is 11.6 Å². The highest BCUT2D eigenvalue weighted by atomic mass is 35.5. The Kier molecular flexibility index (Phi) is 5.21. The van der Waals surface area contributed by atoms with Crippen LogP contribution in [0.5, 0.6) is 0 Å². The van der Waals surface area contributed by atoms with Crippen molar-refractivity contribution >= 4 is 11.6 Å². The van der Waals surface area contributed by atoms with Crippen LogP contribution in [0.2, 0.25) is 0 Å². The van der Waals surface area contributed by atoms with E-state index in [-0.39, 0.29) is 5.38 Å². The predicted molar refractivity (Wildman–Crippen MR) is 41.0 cm³/mol. The van der Waals surface area contributed by atoms with Crippen LogP contribution in [0.3, 0.4) is 0 Å². The topological polar surface area (TPSA) is 9.23 Å². The summed E-state index contributed by atoms with van der Waals surface area (Å²) >= 11 is 5.78. The van der Waals surface area contributed by atoms with Crippen LogP contribution in [0.25, 0.3) is 0 Å². The van der Waals surface area contributed by atoms with Gasteiger partial charge in [-0.3, -0.25) is 0 Å². The largest absolute Gasteiger partial charge is 0.377 e. The molecule has 0 heterocycles. The smallest absolute Gasteiger partial charge is 0.0633 e. The van der Waals surface area contributed by atoms with Crippen molar-refractivity contribution in [3.63, 3.8) is 0 Å². The molecular formula is C7H15ClO. The van der Waals surface area contributed by atoms with Gasteiger partial charge in [-0.15, -0.1) is 11.6 Å². The third kappa shape index (κ3) is 6.13. The Balaban J connectivity index is 3.06. The van der Waals surface area contributed by atoms with Crippen molar-refractivity contribution in [3.05, 3.63) is 0 Å². The molecule has 0 saturated heterocycles. The summed E-state index contributed by atoms with van der Waals surface area (Å²) < 4.78 is 5.26. The highest BCUT2D eigenvalue weighted by molar-refractivity contribution is 6.20. The second kappa shape index (κ2) is 5.07. The van der Waals surface area contributed by atoms with E-state index in [2.05, 4.69) is 6.92 Å². The van der Waals surface area contributed by atoms with Gasteiger partial charge in [0.15, 0.2) is 0 Å². The average Bonchev–Trinajstić information content (AvgIpc) is 1.83. The van der Waals surface area contributed by atoms with Gasteiger partial charge in [-0.1, -0.05) is 6.92 Å². The molecule has 0 aromatic rings. The number of ether oxygens (including phenoxy) is 1. The lowest BCUT2D eigenvalue weighted by Crippen LogP contribution is -2.12. The van der Waals surface area contributed by atoms with Crippen LogP contribution in [0.1, 0.15) is 27.2 Å². The van der Waals surface area contributed by atoms with Crippen molar-refractivity contribution < 1.29 is 4.74 Å². The molecule has 0 radical (unpaired) electrons. The van der Waals surface area contributed by atoms with Crippen molar-refractivity contribution in [3.8, 4) is 0 Å². The maximum absolute atomic E-state index is 5.78. The summed E-state index contributed by atoms with van der Waals surface area (Å²) in [6, 6.07) is 0. The lowest BCUT2D eigenvalue weighted by Gasteiger charge is -2.09. The van der Waals surface area contributed by atoms with Crippen molar-refractivity contribution in [1.29, 1.82) is 0 Å². The second-order valence-corrected chi connectivity index (χ2v) is 3.00. The molecule has 0 aliphatic carbocycles. The molecule has 0 rings (SSSR count). The fourth-order valence-electron chi connectivity index (χ4n) is 0.415. The molecule has 0 fully saturated rings. The average molecular weight is 151 g/mol.